The van der Waals surface area contributed by atoms with Gasteiger partial charge in [0.05, 0.1) is 5.56 Å². The fourth-order valence-corrected chi connectivity index (χ4v) is 3.57. The van der Waals surface area contributed by atoms with E-state index in [-0.39, 0.29) is 23.7 Å². The van der Waals surface area contributed by atoms with Crippen LogP contribution in [-0.4, -0.2) is 37.0 Å². The molecular weight excluding hydrogens is 357 g/mol. The van der Waals surface area contributed by atoms with Crippen molar-refractivity contribution in [2.45, 2.75) is 37.8 Å². The van der Waals surface area contributed by atoms with Crippen LogP contribution in [0.4, 0.5) is 10.1 Å². The molecule has 2 aliphatic rings. The van der Waals surface area contributed by atoms with Gasteiger partial charge in [-0.3, -0.25) is 9.59 Å². The molecule has 5 nitrogen and oxygen atoms in total. The van der Waals surface area contributed by atoms with Gasteiger partial charge in [0.1, 0.15) is 5.82 Å². The zero-order valence-corrected chi connectivity index (χ0v) is 15.7. The van der Waals surface area contributed by atoms with Gasteiger partial charge in [-0.2, -0.15) is 0 Å². The Labute approximate surface area is 163 Å². The van der Waals surface area contributed by atoms with Gasteiger partial charge in [-0.25, -0.2) is 4.39 Å². The standard InChI is InChI=1S/C22H24FN3O2/c23-16-7-5-15(6-8-16)21(27)24-18-11-13-26(14-12-18)20-4-2-1-3-19(20)22(28)25-17-9-10-17/h1-8,17-18H,9-14H2,(H,24,27)(H,25,28). The van der Waals surface area contributed by atoms with Crippen molar-refractivity contribution in [2.75, 3.05) is 18.0 Å². The first kappa shape index (κ1) is 18.5. The van der Waals surface area contributed by atoms with Gasteiger partial charge in [-0.1, -0.05) is 12.1 Å². The molecule has 28 heavy (non-hydrogen) atoms. The molecule has 1 aliphatic heterocycles. The number of rotatable bonds is 5. The third kappa shape index (κ3) is 4.32. The van der Waals surface area contributed by atoms with Crippen LogP contribution in [-0.2, 0) is 0 Å². The molecule has 0 aromatic heterocycles. The van der Waals surface area contributed by atoms with Gasteiger partial charge in [0.2, 0.25) is 0 Å². The summed E-state index contributed by atoms with van der Waals surface area (Å²) in [6, 6.07) is 13.7. The summed E-state index contributed by atoms with van der Waals surface area (Å²) in [5.74, 6) is -0.540. The lowest BCUT2D eigenvalue weighted by Gasteiger charge is -2.35. The highest BCUT2D eigenvalue weighted by atomic mass is 19.1. The number of para-hydroxylation sites is 1. The van der Waals surface area contributed by atoms with E-state index in [4.69, 9.17) is 0 Å². The van der Waals surface area contributed by atoms with Gasteiger partial charge in [-0.05, 0) is 62.1 Å². The molecule has 0 spiro atoms. The van der Waals surface area contributed by atoms with Gasteiger partial charge < -0.3 is 15.5 Å². The third-order valence-electron chi connectivity index (χ3n) is 5.34. The molecule has 2 amide bonds. The van der Waals surface area contributed by atoms with E-state index >= 15 is 0 Å². The SMILES string of the molecule is O=C(NC1CCN(c2ccccc2C(=O)NC2CC2)CC1)c1ccc(F)cc1. The average Bonchev–Trinajstić information content (AvgIpc) is 3.53. The van der Waals surface area contributed by atoms with Crippen molar-refractivity contribution in [1.82, 2.24) is 10.6 Å². The average molecular weight is 381 g/mol. The molecule has 1 heterocycles. The number of anilines is 1. The summed E-state index contributed by atoms with van der Waals surface area (Å²) >= 11 is 0. The number of hydrogen-bond acceptors (Lipinski definition) is 3. The maximum atomic E-state index is 13.0. The highest BCUT2D eigenvalue weighted by molar-refractivity contribution is 6.00. The molecular formula is C22H24FN3O2. The van der Waals surface area contributed by atoms with E-state index in [1.807, 2.05) is 24.3 Å². The van der Waals surface area contributed by atoms with Crippen molar-refractivity contribution in [1.29, 1.82) is 0 Å². The van der Waals surface area contributed by atoms with E-state index < -0.39 is 0 Å². The second kappa shape index (κ2) is 8.00. The Bertz CT molecular complexity index is 856. The summed E-state index contributed by atoms with van der Waals surface area (Å²) in [5, 5.41) is 6.09. The number of benzene rings is 2. The molecule has 1 aliphatic carbocycles. The van der Waals surface area contributed by atoms with Crippen LogP contribution >= 0.6 is 0 Å². The first-order chi connectivity index (χ1) is 13.6. The van der Waals surface area contributed by atoms with Crippen LogP contribution in [0.1, 0.15) is 46.4 Å². The Morgan fingerprint density at radius 1 is 0.821 bits per heavy atom. The van der Waals surface area contributed by atoms with Crippen molar-refractivity contribution in [3.63, 3.8) is 0 Å². The minimum Gasteiger partial charge on any atom is -0.371 e. The number of amides is 2. The number of nitrogens with one attached hydrogen (secondary N) is 2. The molecule has 4 rings (SSSR count). The minimum atomic E-state index is -0.353. The van der Waals surface area contributed by atoms with E-state index in [2.05, 4.69) is 15.5 Å². The molecule has 1 saturated carbocycles. The van der Waals surface area contributed by atoms with Gasteiger partial charge >= 0.3 is 0 Å². The van der Waals surface area contributed by atoms with Gasteiger partial charge in [0, 0.05) is 36.4 Å². The van der Waals surface area contributed by atoms with Crippen molar-refractivity contribution < 1.29 is 14.0 Å². The molecule has 2 aromatic rings. The normalized spacial score (nSPS) is 17.2. The fourth-order valence-electron chi connectivity index (χ4n) is 3.57. The number of carbonyl (C=O) groups excluding carboxylic acids is 2. The first-order valence-corrected chi connectivity index (χ1v) is 9.81. The van der Waals surface area contributed by atoms with Crippen molar-refractivity contribution >= 4 is 17.5 Å². The summed E-state index contributed by atoms with van der Waals surface area (Å²) in [5.41, 5.74) is 2.12. The lowest BCUT2D eigenvalue weighted by molar-refractivity contribution is 0.0929. The Hall–Kier alpha value is -2.89. The smallest absolute Gasteiger partial charge is 0.253 e. The molecule has 0 radical (unpaired) electrons. The molecule has 146 valence electrons. The second-order valence-electron chi connectivity index (χ2n) is 7.51. The van der Waals surface area contributed by atoms with E-state index in [1.165, 1.54) is 24.3 Å². The number of hydrogen-bond donors (Lipinski definition) is 2. The van der Waals surface area contributed by atoms with Crippen molar-refractivity contribution in [3.05, 3.63) is 65.5 Å². The molecule has 0 bridgehead atoms. The van der Waals surface area contributed by atoms with Crippen LogP contribution < -0.4 is 15.5 Å². The number of carbonyl (C=O) groups is 2. The summed E-state index contributed by atoms with van der Waals surface area (Å²) in [4.78, 5) is 27.1. The van der Waals surface area contributed by atoms with Crippen LogP contribution in [0.3, 0.4) is 0 Å². The van der Waals surface area contributed by atoms with Crippen LogP contribution in [0.15, 0.2) is 48.5 Å². The summed E-state index contributed by atoms with van der Waals surface area (Å²) < 4.78 is 13.0. The molecule has 6 heteroatoms. The van der Waals surface area contributed by atoms with E-state index in [0.29, 0.717) is 17.2 Å². The quantitative estimate of drug-likeness (QED) is 0.837. The molecule has 0 unspecified atom stereocenters. The monoisotopic (exact) mass is 381 g/mol. The van der Waals surface area contributed by atoms with Crippen molar-refractivity contribution in [2.24, 2.45) is 0 Å². The van der Waals surface area contributed by atoms with E-state index in [0.717, 1.165) is 44.5 Å². The van der Waals surface area contributed by atoms with Crippen LogP contribution in [0.5, 0.6) is 0 Å². The Morgan fingerprint density at radius 3 is 2.11 bits per heavy atom. The summed E-state index contributed by atoms with van der Waals surface area (Å²) in [7, 11) is 0. The molecule has 2 N–H and O–H groups in total. The molecule has 2 fully saturated rings. The highest BCUT2D eigenvalue weighted by Crippen LogP contribution is 2.26. The zero-order valence-electron chi connectivity index (χ0n) is 15.7. The number of nitrogens with zero attached hydrogens (tertiary/aromatic N) is 1. The van der Waals surface area contributed by atoms with Gasteiger partial charge in [0.15, 0.2) is 0 Å². The Balaban J connectivity index is 1.36. The van der Waals surface area contributed by atoms with Crippen LogP contribution in [0.2, 0.25) is 0 Å². The Morgan fingerprint density at radius 2 is 1.43 bits per heavy atom. The van der Waals surface area contributed by atoms with Crippen LogP contribution in [0, 0.1) is 5.82 Å². The largest absolute Gasteiger partial charge is 0.371 e. The minimum absolute atomic E-state index is 0.00941. The number of piperidine rings is 1. The lowest BCUT2D eigenvalue weighted by atomic mass is 10.0. The Kier molecular flexibility index (Phi) is 5.28. The first-order valence-electron chi connectivity index (χ1n) is 9.81. The van der Waals surface area contributed by atoms with E-state index in [9.17, 15) is 14.0 Å². The maximum Gasteiger partial charge on any atom is 0.253 e. The van der Waals surface area contributed by atoms with E-state index in [1.54, 1.807) is 0 Å². The summed E-state index contributed by atoms with van der Waals surface area (Å²) in [6.45, 7) is 1.53. The third-order valence-corrected chi connectivity index (χ3v) is 5.34. The highest BCUT2D eigenvalue weighted by Gasteiger charge is 2.27. The topological polar surface area (TPSA) is 61.4 Å². The second-order valence-corrected chi connectivity index (χ2v) is 7.51. The van der Waals surface area contributed by atoms with Crippen molar-refractivity contribution in [3.8, 4) is 0 Å². The number of halogens is 1. The predicted molar refractivity (Wildman–Crippen MR) is 106 cm³/mol. The van der Waals surface area contributed by atoms with Gasteiger partial charge in [-0.15, -0.1) is 0 Å². The lowest BCUT2D eigenvalue weighted by Crippen LogP contribution is -2.45. The van der Waals surface area contributed by atoms with Gasteiger partial charge in [0.25, 0.3) is 11.8 Å². The fraction of sp³-hybridized carbons (Fsp3) is 0.364. The maximum absolute atomic E-state index is 13.0. The molecule has 0 atom stereocenters. The molecule has 1 saturated heterocycles. The zero-order chi connectivity index (χ0) is 19.5. The predicted octanol–water partition coefficient (Wildman–Crippen LogP) is 3.12. The summed E-state index contributed by atoms with van der Waals surface area (Å²) in [6.07, 6.45) is 3.72. The molecule has 2 aromatic carbocycles. The van der Waals surface area contributed by atoms with Crippen LogP contribution in [0.25, 0.3) is 0 Å².